The molecule has 1 saturated carbocycles. The van der Waals surface area contributed by atoms with Gasteiger partial charge in [0, 0.05) is 62.8 Å². The average Bonchev–Trinajstić information content (AvgIpc) is 3.43. The van der Waals surface area contributed by atoms with Crippen molar-refractivity contribution < 1.29 is 9.53 Å². The molecule has 1 aromatic heterocycles. The van der Waals surface area contributed by atoms with Crippen LogP contribution in [0.2, 0.25) is 0 Å². The fraction of sp³-hybridized carbons (Fsp3) is 0.577. The zero-order valence-electron chi connectivity index (χ0n) is 21.1. The van der Waals surface area contributed by atoms with Crippen molar-refractivity contribution in [2.24, 2.45) is 0 Å². The standard InChI is InChI=1S/C26H37N7O2S/c1-36-26-29-23(27-21-6-8-22(9-7-21)32-14-16-35-17-15-32)18-24(30-26)33-12-10-31(11-13-33)19-25(34)28-20-4-2-3-5-20/h6-9,18,20H,2-5,10-17,19H2,1H3,(H,28,34)(H,27,29,30). The lowest BCUT2D eigenvalue weighted by molar-refractivity contribution is -0.123. The zero-order chi connectivity index (χ0) is 24.7. The quantitative estimate of drug-likeness (QED) is 0.410. The average molecular weight is 512 g/mol. The number of carbonyl (C=O) groups is 1. The molecule has 1 aliphatic carbocycles. The summed E-state index contributed by atoms with van der Waals surface area (Å²) in [6.45, 7) is 7.29. The third-order valence-electron chi connectivity index (χ3n) is 7.17. The van der Waals surface area contributed by atoms with Crippen molar-refractivity contribution in [2.45, 2.75) is 36.9 Å². The number of nitrogens with one attached hydrogen (secondary N) is 2. The smallest absolute Gasteiger partial charge is 0.234 e. The Labute approximate surface area is 218 Å². The van der Waals surface area contributed by atoms with Gasteiger partial charge in [0.05, 0.1) is 19.8 Å². The fourth-order valence-electron chi connectivity index (χ4n) is 5.14. The van der Waals surface area contributed by atoms with E-state index in [0.29, 0.717) is 12.6 Å². The fourth-order valence-corrected chi connectivity index (χ4v) is 5.51. The van der Waals surface area contributed by atoms with Crippen LogP contribution in [0.15, 0.2) is 35.5 Å². The summed E-state index contributed by atoms with van der Waals surface area (Å²) in [5.74, 6) is 1.88. The van der Waals surface area contributed by atoms with Crippen molar-refractivity contribution in [3.8, 4) is 0 Å². The molecule has 2 aliphatic heterocycles. The molecule has 3 aliphatic rings. The highest BCUT2D eigenvalue weighted by molar-refractivity contribution is 7.98. The van der Waals surface area contributed by atoms with Gasteiger partial charge in [0.2, 0.25) is 5.91 Å². The van der Waals surface area contributed by atoms with E-state index in [1.807, 2.05) is 12.3 Å². The van der Waals surface area contributed by atoms with Gasteiger partial charge >= 0.3 is 0 Å². The molecule has 194 valence electrons. The van der Waals surface area contributed by atoms with E-state index < -0.39 is 0 Å². The Morgan fingerprint density at radius 1 is 1.00 bits per heavy atom. The minimum atomic E-state index is 0.160. The number of hydrogen-bond donors (Lipinski definition) is 2. The molecule has 0 spiro atoms. The van der Waals surface area contributed by atoms with Crippen molar-refractivity contribution >= 4 is 40.7 Å². The van der Waals surface area contributed by atoms with Crippen molar-refractivity contribution in [1.29, 1.82) is 0 Å². The van der Waals surface area contributed by atoms with E-state index in [1.165, 1.54) is 18.5 Å². The third kappa shape index (κ3) is 6.60. The molecule has 0 unspecified atom stereocenters. The summed E-state index contributed by atoms with van der Waals surface area (Å²) in [6, 6.07) is 10.9. The Morgan fingerprint density at radius 3 is 2.42 bits per heavy atom. The SMILES string of the molecule is CSc1nc(Nc2ccc(N3CCOCC3)cc2)cc(N2CCN(CC(=O)NC3CCCC3)CC2)n1. The zero-order valence-corrected chi connectivity index (χ0v) is 21.9. The molecule has 0 bridgehead atoms. The number of amides is 1. The first-order valence-corrected chi connectivity index (χ1v) is 14.3. The van der Waals surface area contributed by atoms with Gasteiger partial charge in [-0.1, -0.05) is 24.6 Å². The van der Waals surface area contributed by atoms with Crippen molar-refractivity contribution in [2.75, 3.05) is 80.4 Å². The molecule has 2 saturated heterocycles. The van der Waals surface area contributed by atoms with Crippen LogP contribution in [0.3, 0.4) is 0 Å². The number of hydrogen-bond acceptors (Lipinski definition) is 9. The molecule has 0 atom stereocenters. The Kier molecular flexibility index (Phi) is 8.45. The molecule has 36 heavy (non-hydrogen) atoms. The molecule has 3 heterocycles. The molecule has 1 amide bonds. The molecule has 10 heteroatoms. The third-order valence-corrected chi connectivity index (χ3v) is 7.72. The van der Waals surface area contributed by atoms with Crippen LogP contribution in [0.5, 0.6) is 0 Å². The molecule has 9 nitrogen and oxygen atoms in total. The molecule has 3 fully saturated rings. The van der Waals surface area contributed by atoms with Gasteiger partial charge < -0.3 is 25.2 Å². The van der Waals surface area contributed by atoms with E-state index in [2.05, 4.69) is 54.6 Å². The lowest BCUT2D eigenvalue weighted by Gasteiger charge is -2.35. The van der Waals surface area contributed by atoms with Gasteiger partial charge in [0.25, 0.3) is 0 Å². The topological polar surface area (TPSA) is 85.9 Å². The van der Waals surface area contributed by atoms with Gasteiger partial charge in [-0.2, -0.15) is 0 Å². The summed E-state index contributed by atoms with van der Waals surface area (Å²) in [7, 11) is 0. The van der Waals surface area contributed by atoms with Crippen molar-refractivity contribution in [3.05, 3.63) is 30.3 Å². The van der Waals surface area contributed by atoms with Crippen LogP contribution in [-0.2, 0) is 9.53 Å². The molecule has 5 rings (SSSR count). The lowest BCUT2D eigenvalue weighted by Crippen LogP contribution is -2.50. The van der Waals surface area contributed by atoms with E-state index in [9.17, 15) is 4.79 Å². The van der Waals surface area contributed by atoms with Crippen LogP contribution in [0.4, 0.5) is 23.0 Å². The first kappa shape index (κ1) is 25.1. The molecule has 1 aromatic carbocycles. The largest absolute Gasteiger partial charge is 0.378 e. The summed E-state index contributed by atoms with van der Waals surface area (Å²) < 4.78 is 5.46. The van der Waals surface area contributed by atoms with E-state index >= 15 is 0 Å². The Bertz CT molecular complexity index is 1000. The summed E-state index contributed by atoms with van der Waals surface area (Å²) >= 11 is 1.55. The monoisotopic (exact) mass is 511 g/mol. The van der Waals surface area contributed by atoms with Crippen LogP contribution in [0.25, 0.3) is 0 Å². The van der Waals surface area contributed by atoms with Crippen molar-refractivity contribution in [1.82, 2.24) is 20.2 Å². The minimum absolute atomic E-state index is 0.160. The van der Waals surface area contributed by atoms with Crippen LogP contribution in [0, 0.1) is 0 Å². The summed E-state index contributed by atoms with van der Waals surface area (Å²) in [5, 5.41) is 7.41. The Morgan fingerprint density at radius 2 is 1.72 bits per heavy atom. The number of carbonyl (C=O) groups excluding carboxylic acids is 1. The van der Waals surface area contributed by atoms with Gasteiger partial charge in [-0.15, -0.1) is 0 Å². The maximum absolute atomic E-state index is 12.4. The number of rotatable bonds is 8. The van der Waals surface area contributed by atoms with Crippen LogP contribution < -0.4 is 20.4 Å². The molecular formula is C26H37N7O2S. The van der Waals surface area contributed by atoms with E-state index in [-0.39, 0.29) is 5.91 Å². The first-order valence-electron chi connectivity index (χ1n) is 13.1. The number of nitrogens with zero attached hydrogens (tertiary/aromatic N) is 5. The molecule has 2 aromatic rings. The summed E-state index contributed by atoms with van der Waals surface area (Å²) in [5.41, 5.74) is 2.22. The van der Waals surface area contributed by atoms with E-state index in [1.54, 1.807) is 11.8 Å². The van der Waals surface area contributed by atoms with Crippen LogP contribution in [-0.4, -0.2) is 92.1 Å². The summed E-state index contributed by atoms with van der Waals surface area (Å²) in [6.07, 6.45) is 6.72. The first-order chi connectivity index (χ1) is 17.7. The van der Waals surface area contributed by atoms with Crippen LogP contribution in [0.1, 0.15) is 25.7 Å². The second-order valence-electron chi connectivity index (χ2n) is 9.68. The highest BCUT2D eigenvalue weighted by Crippen LogP contribution is 2.26. The number of ether oxygens (including phenoxy) is 1. The van der Waals surface area contributed by atoms with Gasteiger partial charge in [-0.3, -0.25) is 9.69 Å². The Balaban J connectivity index is 1.17. The van der Waals surface area contributed by atoms with E-state index in [0.717, 1.165) is 87.8 Å². The van der Waals surface area contributed by atoms with Gasteiger partial charge in [0.15, 0.2) is 5.16 Å². The van der Waals surface area contributed by atoms with Gasteiger partial charge in [-0.25, -0.2) is 9.97 Å². The number of anilines is 4. The number of thioether (sulfide) groups is 1. The lowest BCUT2D eigenvalue weighted by atomic mass is 10.2. The predicted octanol–water partition coefficient (Wildman–Crippen LogP) is 2.96. The van der Waals surface area contributed by atoms with Crippen LogP contribution >= 0.6 is 11.8 Å². The minimum Gasteiger partial charge on any atom is -0.378 e. The van der Waals surface area contributed by atoms with Gasteiger partial charge in [-0.05, 0) is 43.4 Å². The molecule has 2 N–H and O–H groups in total. The highest BCUT2D eigenvalue weighted by atomic mass is 32.2. The normalized spacial score (nSPS) is 19.5. The van der Waals surface area contributed by atoms with Crippen molar-refractivity contribution in [3.63, 3.8) is 0 Å². The number of aromatic nitrogens is 2. The maximum Gasteiger partial charge on any atom is 0.234 e. The number of benzene rings is 1. The molecule has 0 radical (unpaired) electrons. The number of piperazine rings is 1. The highest BCUT2D eigenvalue weighted by Gasteiger charge is 2.23. The van der Waals surface area contributed by atoms with E-state index in [4.69, 9.17) is 9.72 Å². The summed E-state index contributed by atoms with van der Waals surface area (Å²) in [4.78, 5) is 28.8. The molecular weight excluding hydrogens is 474 g/mol. The second kappa shape index (κ2) is 12.1. The Hall–Kier alpha value is -2.56. The number of morpholine rings is 1. The maximum atomic E-state index is 12.4. The second-order valence-corrected chi connectivity index (χ2v) is 10.5. The predicted molar refractivity (Wildman–Crippen MR) is 146 cm³/mol. The van der Waals surface area contributed by atoms with Gasteiger partial charge in [0.1, 0.15) is 11.6 Å².